The molecular weight excluding hydrogens is 259 g/mol. The Morgan fingerprint density at radius 2 is 2.42 bits per heavy atom. The zero-order valence-corrected chi connectivity index (χ0v) is 9.60. The minimum absolute atomic E-state index is 0.138. The van der Waals surface area contributed by atoms with Crippen LogP contribution in [0, 0.1) is 12.3 Å². The molecule has 0 aliphatic carbocycles. The van der Waals surface area contributed by atoms with Gasteiger partial charge in [0.2, 0.25) is 0 Å². The number of ether oxygens (including phenoxy) is 1. The Kier molecular flexibility index (Phi) is 3.23. The number of hydrogen-bond acceptors (Lipinski definition) is 7. The maximum Gasteiger partial charge on any atom is 0.368 e. The maximum absolute atomic E-state index is 14.0. The number of rotatable bonds is 2. The molecule has 1 aliphatic rings. The second-order valence-electron chi connectivity index (χ2n) is 4.00. The Hall–Kier alpha value is -2.02. The van der Waals surface area contributed by atoms with Crippen molar-refractivity contribution in [3.8, 4) is 12.3 Å². The number of aliphatic hydroxyl groups excluding tert-OH is 2. The van der Waals surface area contributed by atoms with Crippen molar-refractivity contribution in [2.75, 3.05) is 12.3 Å². The van der Waals surface area contributed by atoms with E-state index in [1.165, 1.54) is 0 Å². The number of alkyl halides is 1. The van der Waals surface area contributed by atoms with E-state index in [9.17, 15) is 14.3 Å². The van der Waals surface area contributed by atoms with E-state index in [4.69, 9.17) is 22.0 Å². The summed E-state index contributed by atoms with van der Waals surface area (Å²) in [7, 11) is 0. The van der Waals surface area contributed by atoms with Crippen LogP contribution in [0.5, 0.6) is 0 Å². The second-order valence-corrected chi connectivity index (χ2v) is 4.00. The van der Waals surface area contributed by atoms with Crippen LogP contribution in [0.3, 0.4) is 0 Å². The molecule has 1 fully saturated rings. The highest BCUT2D eigenvalue weighted by atomic mass is 19.1. The molecule has 1 saturated heterocycles. The monoisotopic (exact) mass is 270 g/mol. The highest BCUT2D eigenvalue weighted by Gasteiger charge is 2.55. The van der Waals surface area contributed by atoms with Crippen molar-refractivity contribution in [3.63, 3.8) is 0 Å². The number of aliphatic hydroxyl groups is 2. The topological polar surface area (TPSA) is 123 Å². The fourth-order valence-electron chi connectivity index (χ4n) is 1.78. The van der Waals surface area contributed by atoms with Gasteiger partial charge in [0, 0.05) is 0 Å². The highest BCUT2D eigenvalue weighted by Crippen LogP contribution is 2.37. The summed E-state index contributed by atoms with van der Waals surface area (Å²) in [4.78, 5) is 14.9. The number of nitrogen functional groups attached to an aromatic ring is 1. The molecule has 2 rings (SSSR count). The van der Waals surface area contributed by atoms with Crippen molar-refractivity contribution in [1.29, 1.82) is 0 Å². The summed E-state index contributed by atoms with van der Waals surface area (Å²) in [5.41, 5.74) is 2.37. The minimum Gasteiger partial charge on any atom is -0.392 e. The third-order valence-corrected chi connectivity index (χ3v) is 2.84. The van der Waals surface area contributed by atoms with E-state index >= 15 is 0 Å². The molecule has 0 bridgehead atoms. The van der Waals surface area contributed by atoms with E-state index < -0.39 is 36.4 Å². The number of terminal acetylenes is 1. The van der Waals surface area contributed by atoms with Crippen LogP contribution in [0.15, 0.2) is 11.0 Å². The van der Waals surface area contributed by atoms with Crippen molar-refractivity contribution < 1.29 is 19.3 Å². The van der Waals surface area contributed by atoms with Gasteiger partial charge in [-0.2, -0.15) is 14.8 Å². The van der Waals surface area contributed by atoms with Gasteiger partial charge in [0.1, 0.15) is 11.9 Å². The molecule has 0 radical (unpaired) electrons. The fraction of sp³-hybridized carbons (Fsp3) is 0.500. The Bertz CT molecular complexity index is 586. The quantitative estimate of drug-likeness (QED) is 0.521. The van der Waals surface area contributed by atoms with Crippen molar-refractivity contribution in [1.82, 2.24) is 14.8 Å². The first-order chi connectivity index (χ1) is 8.95. The normalized spacial score (nSPS) is 34.1. The van der Waals surface area contributed by atoms with Crippen molar-refractivity contribution in [3.05, 3.63) is 16.7 Å². The Morgan fingerprint density at radius 3 is 2.89 bits per heavy atom. The van der Waals surface area contributed by atoms with E-state index in [0.29, 0.717) is 4.68 Å². The zero-order chi connectivity index (χ0) is 14.2. The van der Waals surface area contributed by atoms with Crippen LogP contribution < -0.4 is 11.4 Å². The molecule has 4 N–H and O–H groups in total. The molecule has 8 nitrogen and oxygen atoms in total. The van der Waals surface area contributed by atoms with Gasteiger partial charge in [0.05, 0.1) is 12.8 Å². The smallest absolute Gasteiger partial charge is 0.368 e. The zero-order valence-electron chi connectivity index (χ0n) is 9.60. The average Bonchev–Trinajstić information content (AvgIpc) is 2.64. The standard InChI is InChI=1S/C10H11FN4O4/c1-2-10(4-16)7(17)6(11)8(19-10)15-9(18)14-5(12)3-13-15/h1,3,6-8,16-17H,4H2,(H2,12,14,18). The van der Waals surface area contributed by atoms with Crippen LogP contribution in [0.2, 0.25) is 0 Å². The third kappa shape index (κ3) is 1.95. The van der Waals surface area contributed by atoms with E-state index in [1.54, 1.807) is 0 Å². The summed E-state index contributed by atoms with van der Waals surface area (Å²) < 4.78 is 19.6. The second kappa shape index (κ2) is 4.58. The van der Waals surface area contributed by atoms with Crippen LogP contribution in [-0.2, 0) is 4.74 Å². The molecule has 1 aliphatic heterocycles. The molecule has 19 heavy (non-hydrogen) atoms. The molecule has 0 saturated carbocycles. The van der Waals surface area contributed by atoms with Crippen LogP contribution in [-0.4, -0.2) is 49.5 Å². The lowest BCUT2D eigenvalue weighted by Gasteiger charge is -2.22. The number of aromatic nitrogens is 3. The number of halogens is 1. The predicted octanol–water partition coefficient (Wildman–Crippen LogP) is -2.19. The maximum atomic E-state index is 14.0. The lowest BCUT2D eigenvalue weighted by molar-refractivity contribution is -0.0962. The minimum atomic E-state index is -2.04. The predicted molar refractivity (Wildman–Crippen MR) is 60.4 cm³/mol. The summed E-state index contributed by atoms with van der Waals surface area (Å²) >= 11 is 0. The lowest BCUT2D eigenvalue weighted by atomic mass is 9.98. The Balaban J connectivity index is 2.43. The van der Waals surface area contributed by atoms with Gasteiger partial charge in [0.25, 0.3) is 0 Å². The molecule has 102 valence electrons. The van der Waals surface area contributed by atoms with Gasteiger partial charge in [-0.05, 0) is 0 Å². The number of hydrogen-bond donors (Lipinski definition) is 3. The molecule has 1 aromatic heterocycles. The molecule has 2 heterocycles. The molecule has 0 amide bonds. The Labute approximate surface area is 106 Å². The van der Waals surface area contributed by atoms with Crippen molar-refractivity contribution in [2.45, 2.75) is 24.1 Å². The lowest BCUT2D eigenvalue weighted by Crippen LogP contribution is -2.44. The van der Waals surface area contributed by atoms with Gasteiger partial charge in [0.15, 0.2) is 18.0 Å². The van der Waals surface area contributed by atoms with Gasteiger partial charge >= 0.3 is 5.69 Å². The number of nitrogens with zero attached hydrogens (tertiary/aromatic N) is 3. The number of nitrogens with two attached hydrogens (primary N) is 1. The molecular formula is C10H11FN4O4. The molecule has 0 spiro atoms. The van der Waals surface area contributed by atoms with Crippen LogP contribution in [0.4, 0.5) is 10.2 Å². The summed E-state index contributed by atoms with van der Waals surface area (Å²) in [5, 5.41) is 22.4. The molecule has 4 atom stereocenters. The largest absolute Gasteiger partial charge is 0.392 e. The van der Waals surface area contributed by atoms with Gasteiger partial charge in [-0.3, -0.25) is 0 Å². The first-order valence-corrected chi connectivity index (χ1v) is 5.25. The van der Waals surface area contributed by atoms with E-state index in [2.05, 4.69) is 10.1 Å². The van der Waals surface area contributed by atoms with Gasteiger partial charge in [-0.1, -0.05) is 5.92 Å². The molecule has 4 unspecified atom stereocenters. The van der Waals surface area contributed by atoms with Gasteiger partial charge < -0.3 is 20.7 Å². The Morgan fingerprint density at radius 1 is 1.74 bits per heavy atom. The van der Waals surface area contributed by atoms with E-state index in [0.717, 1.165) is 6.20 Å². The first kappa shape index (κ1) is 13.4. The molecule has 1 aromatic rings. The SMILES string of the molecule is C#CC1(CO)OC(n2ncc(N)nc2=O)C(F)C1O. The summed E-state index contributed by atoms with van der Waals surface area (Å²) in [6.07, 6.45) is 0.736. The van der Waals surface area contributed by atoms with Crippen molar-refractivity contribution >= 4 is 5.82 Å². The molecule has 9 heteroatoms. The third-order valence-electron chi connectivity index (χ3n) is 2.84. The van der Waals surface area contributed by atoms with E-state index in [-0.39, 0.29) is 5.82 Å². The fourth-order valence-corrected chi connectivity index (χ4v) is 1.78. The highest BCUT2D eigenvalue weighted by molar-refractivity contribution is 5.21. The average molecular weight is 270 g/mol. The van der Waals surface area contributed by atoms with Gasteiger partial charge in [-0.15, -0.1) is 6.42 Å². The number of anilines is 1. The molecule has 0 aromatic carbocycles. The van der Waals surface area contributed by atoms with Crippen LogP contribution in [0.1, 0.15) is 6.23 Å². The van der Waals surface area contributed by atoms with Crippen LogP contribution in [0.25, 0.3) is 0 Å². The van der Waals surface area contributed by atoms with Crippen molar-refractivity contribution in [2.24, 2.45) is 0 Å². The van der Waals surface area contributed by atoms with E-state index in [1.807, 2.05) is 5.92 Å². The van der Waals surface area contributed by atoms with Crippen LogP contribution >= 0.6 is 0 Å². The summed E-state index contributed by atoms with van der Waals surface area (Å²) in [6, 6.07) is 0. The van der Waals surface area contributed by atoms with Gasteiger partial charge in [-0.25, -0.2) is 9.18 Å². The summed E-state index contributed by atoms with van der Waals surface area (Å²) in [6.45, 7) is -0.807. The summed E-state index contributed by atoms with van der Waals surface area (Å²) in [5.74, 6) is 1.85. The first-order valence-electron chi connectivity index (χ1n) is 5.25.